The second-order valence-electron chi connectivity index (χ2n) is 7.33. The Morgan fingerprint density at radius 1 is 1.28 bits per heavy atom. The molecule has 1 aromatic rings. The molecule has 1 amide bonds. The molecule has 0 unspecified atom stereocenters. The van der Waals surface area contributed by atoms with Crippen molar-refractivity contribution in [2.45, 2.75) is 39.5 Å². The van der Waals surface area contributed by atoms with Gasteiger partial charge in [0.2, 0.25) is 0 Å². The minimum atomic E-state index is -0.368. The van der Waals surface area contributed by atoms with E-state index in [-0.39, 0.29) is 34.9 Å². The molecule has 1 saturated heterocycles. The number of rotatable bonds is 5. The van der Waals surface area contributed by atoms with Crippen LogP contribution in [0.5, 0.6) is 0 Å². The van der Waals surface area contributed by atoms with E-state index in [2.05, 4.69) is 25.5 Å². The van der Waals surface area contributed by atoms with Crippen molar-refractivity contribution in [3.8, 4) is 0 Å². The van der Waals surface area contributed by atoms with Crippen LogP contribution in [0.25, 0.3) is 0 Å². The molecule has 0 radical (unpaired) electrons. The summed E-state index contributed by atoms with van der Waals surface area (Å²) in [5, 5.41) is 6.15. The van der Waals surface area contributed by atoms with Crippen LogP contribution in [0, 0.1) is 6.92 Å². The third-order valence-electron chi connectivity index (χ3n) is 4.18. The Labute approximate surface area is 155 Å². The molecule has 7 nitrogen and oxygen atoms in total. The molecule has 0 bridgehead atoms. The predicted octanol–water partition coefficient (Wildman–Crippen LogP) is 0.823. The first-order chi connectivity index (χ1) is 11.3. The van der Waals surface area contributed by atoms with Crippen molar-refractivity contribution in [1.82, 2.24) is 25.5 Å². The number of nitrogens with zero attached hydrogens (tertiary/aromatic N) is 2. The van der Waals surface area contributed by atoms with Crippen molar-refractivity contribution in [2.75, 3.05) is 39.3 Å². The van der Waals surface area contributed by atoms with Crippen molar-refractivity contribution in [1.29, 1.82) is 0 Å². The molecule has 0 aliphatic carbocycles. The normalized spacial score (nSPS) is 15.5. The highest BCUT2D eigenvalue weighted by atomic mass is 35.5. The number of aromatic nitrogens is 2. The summed E-state index contributed by atoms with van der Waals surface area (Å²) in [5.74, 6) is 0.252. The van der Waals surface area contributed by atoms with Gasteiger partial charge < -0.3 is 20.5 Å². The first kappa shape index (κ1) is 21.6. The van der Waals surface area contributed by atoms with Gasteiger partial charge >= 0.3 is 0 Å². The van der Waals surface area contributed by atoms with Crippen LogP contribution in [0.4, 0.5) is 0 Å². The first-order valence-electron chi connectivity index (χ1n) is 8.61. The highest BCUT2D eigenvalue weighted by Gasteiger charge is 2.22. The molecule has 1 aliphatic heterocycles. The Hall–Kier alpha value is -1.44. The molecule has 1 fully saturated rings. The lowest BCUT2D eigenvalue weighted by atomic mass is 9.95. The van der Waals surface area contributed by atoms with E-state index in [1.807, 2.05) is 20.8 Å². The smallest absolute Gasteiger partial charge is 0.264 e. The van der Waals surface area contributed by atoms with Crippen LogP contribution in [-0.2, 0) is 5.41 Å². The third kappa shape index (κ3) is 6.09. The van der Waals surface area contributed by atoms with Gasteiger partial charge in [0.25, 0.3) is 11.5 Å². The van der Waals surface area contributed by atoms with Crippen molar-refractivity contribution < 1.29 is 4.79 Å². The average molecular weight is 372 g/mol. The standard InChI is InChI=1S/C17H29N5O2.ClH/c1-12-13(15(24)21-16(20-12)17(2,3)4)14(23)19-6-5-9-22-10-7-18-8-11-22;/h18H,5-11H2,1-4H3,(H,19,23)(H,20,21,24);1H. The zero-order chi connectivity index (χ0) is 17.7. The lowest BCUT2D eigenvalue weighted by molar-refractivity contribution is 0.0948. The number of amides is 1. The van der Waals surface area contributed by atoms with Crippen LogP contribution in [0.1, 0.15) is 49.1 Å². The first-order valence-corrected chi connectivity index (χ1v) is 8.61. The topological polar surface area (TPSA) is 90.1 Å². The van der Waals surface area contributed by atoms with Gasteiger partial charge in [-0.15, -0.1) is 12.4 Å². The van der Waals surface area contributed by atoms with Gasteiger partial charge in [0.15, 0.2) is 0 Å². The number of aryl methyl sites for hydroxylation is 1. The maximum atomic E-state index is 12.3. The number of aromatic amines is 1. The van der Waals surface area contributed by atoms with E-state index in [1.165, 1.54) is 0 Å². The summed E-state index contributed by atoms with van der Waals surface area (Å²) >= 11 is 0. The molecule has 3 N–H and O–H groups in total. The number of H-pyrrole nitrogens is 1. The summed E-state index contributed by atoms with van der Waals surface area (Å²) in [6.07, 6.45) is 0.871. The van der Waals surface area contributed by atoms with Crippen molar-refractivity contribution in [3.05, 3.63) is 27.4 Å². The van der Waals surface area contributed by atoms with E-state index in [0.717, 1.165) is 39.1 Å². The minimum Gasteiger partial charge on any atom is -0.352 e. The van der Waals surface area contributed by atoms with Crippen LogP contribution in [0.3, 0.4) is 0 Å². The highest BCUT2D eigenvalue weighted by Crippen LogP contribution is 2.17. The number of carbonyl (C=O) groups is 1. The van der Waals surface area contributed by atoms with E-state index in [1.54, 1.807) is 6.92 Å². The summed E-state index contributed by atoms with van der Waals surface area (Å²) in [4.78, 5) is 34.1. The number of hydrogen-bond acceptors (Lipinski definition) is 5. The number of nitrogens with one attached hydrogen (secondary N) is 3. The summed E-state index contributed by atoms with van der Waals surface area (Å²) in [6.45, 7) is 13.3. The molecule has 2 heterocycles. The minimum absolute atomic E-state index is 0. The fourth-order valence-electron chi connectivity index (χ4n) is 2.74. The molecular weight excluding hydrogens is 342 g/mol. The molecule has 142 valence electrons. The molecule has 0 saturated carbocycles. The van der Waals surface area contributed by atoms with Crippen LogP contribution in [0.2, 0.25) is 0 Å². The molecule has 25 heavy (non-hydrogen) atoms. The lowest BCUT2D eigenvalue weighted by Crippen LogP contribution is -2.44. The van der Waals surface area contributed by atoms with Gasteiger partial charge in [0.05, 0.1) is 5.69 Å². The van der Waals surface area contributed by atoms with Crippen LogP contribution in [-0.4, -0.2) is 60.0 Å². The number of halogens is 1. The zero-order valence-electron chi connectivity index (χ0n) is 15.6. The summed E-state index contributed by atoms with van der Waals surface area (Å²) in [5.41, 5.74) is -0.0390. The molecule has 0 atom stereocenters. The molecule has 2 rings (SSSR count). The van der Waals surface area contributed by atoms with E-state index in [9.17, 15) is 9.59 Å². The second kappa shape index (κ2) is 9.31. The summed E-state index contributed by atoms with van der Waals surface area (Å²) in [6, 6.07) is 0. The second-order valence-corrected chi connectivity index (χ2v) is 7.33. The van der Waals surface area contributed by atoms with Gasteiger partial charge in [-0.2, -0.15) is 0 Å². The monoisotopic (exact) mass is 371 g/mol. The summed E-state index contributed by atoms with van der Waals surface area (Å²) < 4.78 is 0. The fraction of sp³-hybridized carbons (Fsp3) is 0.706. The molecule has 0 aromatic carbocycles. The Kier molecular flexibility index (Phi) is 8.05. The van der Waals surface area contributed by atoms with E-state index >= 15 is 0 Å². The largest absolute Gasteiger partial charge is 0.352 e. The Morgan fingerprint density at radius 2 is 1.92 bits per heavy atom. The maximum Gasteiger partial charge on any atom is 0.264 e. The lowest BCUT2D eigenvalue weighted by Gasteiger charge is -2.27. The van der Waals surface area contributed by atoms with Gasteiger partial charge in [-0.3, -0.25) is 9.59 Å². The number of piperazine rings is 1. The Morgan fingerprint density at radius 3 is 2.48 bits per heavy atom. The van der Waals surface area contributed by atoms with E-state index in [4.69, 9.17) is 0 Å². The molecule has 8 heteroatoms. The van der Waals surface area contributed by atoms with Gasteiger partial charge in [-0.05, 0) is 19.9 Å². The molecule has 1 aromatic heterocycles. The zero-order valence-corrected chi connectivity index (χ0v) is 16.4. The Balaban J connectivity index is 0.00000312. The van der Waals surface area contributed by atoms with Gasteiger partial charge in [-0.1, -0.05) is 20.8 Å². The van der Waals surface area contributed by atoms with Crippen molar-refractivity contribution >= 4 is 18.3 Å². The average Bonchev–Trinajstić information content (AvgIpc) is 2.51. The van der Waals surface area contributed by atoms with E-state index < -0.39 is 0 Å². The predicted molar refractivity (Wildman–Crippen MR) is 102 cm³/mol. The van der Waals surface area contributed by atoms with Gasteiger partial charge in [0, 0.05) is 38.1 Å². The molecule has 0 spiro atoms. The summed E-state index contributed by atoms with van der Waals surface area (Å²) in [7, 11) is 0. The SMILES string of the molecule is Cc1nc(C(C)(C)C)[nH]c(=O)c1C(=O)NCCCN1CCNCC1.Cl. The van der Waals surface area contributed by atoms with Crippen molar-refractivity contribution in [2.24, 2.45) is 0 Å². The van der Waals surface area contributed by atoms with Gasteiger partial charge in [-0.25, -0.2) is 4.98 Å². The molecule has 1 aliphatic rings. The number of hydrogen-bond donors (Lipinski definition) is 3. The van der Waals surface area contributed by atoms with Crippen LogP contribution in [0.15, 0.2) is 4.79 Å². The van der Waals surface area contributed by atoms with Crippen LogP contribution < -0.4 is 16.2 Å². The van der Waals surface area contributed by atoms with Crippen LogP contribution >= 0.6 is 12.4 Å². The fourth-order valence-corrected chi connectivity index (χ4v) is 2.74. The van der Waals surface area contributed by atoms with Crippen molar-refractivity contribution in [3.63, 3.8) is 0 Å². The van der Waals surface area contributed by atoms with E-state index in [0.29, 0.717) is 18.1 Å². The molecular formula is C17H30ClN5O2. The quantitative estimate of drug-likeness (QED) is 0.667. The third-order valence-corrected chi connectivity index (χ3v) is 4.18. The maximum absolute atomic E-state index is 12.3. The highest BCUT2D eigenvalue weighted by molar-refractivity contribution is 5.94. The number of carbonyl (C=O) groups excluding carboxylic acids is 1. The Bertz CT molecular complexity index is 633. The van der Waals surface area contributed by atoms with Gasteiger partial charge in [0.1, 0.15) is 11.4 Å².